The number of benzene rings is 2. The van der Waals surface area contributed by atoms with Crippen LogP contribution in [0.25, 0.3) is 10.8 Å². The number of aryl methyl sites for hydroxylation is 1. The third-order valence-corrected chi connectivity index (χ3v) is 5.45. The summed E-state index contributed by atoms with van der Waals surface area (Å²) < 4.78 is 2.23. The molecule has 5 nitrogen and oxygen atoms in total. The first kappa shape index (κ1) is 17.7. The van der Waals surface area contributed by atoms with Gasteiger partial charge in [-0.1, -0.05) is 43.3 Å². The summed E-state index contributed by atoms with van der Waals surface area (Å²) in [4.78, 5) is 21.9. The van der Waals surface area contributed by atoms with Crippen molar-refractivity contribution >= 4 is 16.7 Å². The zero-order chi connectivity index (χ0) is 18.6. The number of fused-ring (bicyclic) bond motifs is 1. The van der Waals surface area contributed by atoms with Crippen molar-refractivity contribution in [1.82, 2.24) is 19.4 Å². The molecule has 0 aliphatic carbocycles. The fourth-order valence-electron chi connectivity index (χ4n) is 3.86. The monoisotopic (exact) mass is 362 g/mol. The maximum absolute atomic E-state index is 13.0. The fraction of sp³-hybridized carbons (Fsp3) is 0.364. The molecule has 0 unspecified atom stereocenters. The Morgan fingerprint density at radius 1 is 1.00 bits per heavy atom. The van der Waals surface area contributed by atoms with Crippen LogP contribution >= 0.6 is 0 Å². The molecule has 1 aliphatic rings. The Kier molecular flexibility index (Phi) is 5.21. The summed E-state index contributed by atoms with van der Waals surface area (Å²) in [7, 11) is 0. The highest BCUT2D eigenvalue weighted by Crippen LogP contribution is 2.20. The second kappa shape index (κ2) is 7.92. The summed E-state index contributed by atoms with van der Waals surface area (Å²) in [5, 5.41) is 2.16. The maximum atomic E-state index is 13.0. The van der Waals surface area contributed by atoms with Gasteiger partial charge in [0.2, 0.25) is 0 Å². The average molecular weight is 362 g/mol. The van der Waals surface area contributed by atoms with Gasteiger partial charge in [0.05, 0.1) is 0 Å². The van der Waals surface area contributed by atoms with Gasteiger partial charge in [0.1, 0.15) is 5.82 Å². The number of rotatable bonds is 5. The van der Waals surface area contributed by atoms with Crippen LogP contribution < -0.4 is 0 Å². The number of carbonyl (C=O) groups excluding carboxylic acids is 1. The van der Waals surface area contributed by atoms with Gasteiger partial charge >= 0.3 is 0 Å². The number of hydrogen-bond donors (Lipinski definition) is 0. The van der Waals surface area contributed by atoms with E-state index >= 15 is 0 Å². The molecule has 3 aromatic rings. The third kappa shape index (κ3) is 3.74. The van der Waals surface area contributed by atoms with E-state index in [0.717, 1.165) is 67.8 Å². The van der Waals surface area contributed by atoms with Gasteiger partial charge in [-0.25, -0.2) is 4.98 Å². The van der Waals surface area contributed by atoms with Crippen LogP contribution in [-0.4, -0.2) is 58.0 Å². The predicted octanol–water partition coefficient (Wildman–Crippen LogP) is 3.06. The van der Waals surface area contributed by atoms with Crippen molar-refractivity contribution in [2.75, 3.05) is 32.7 Å². The van der Waals surface area contributed by atoms with Crippen LogP contribution in [0.5, 0.6) is 0 Å². The lowest BCUT2D eigenvalue weighted by Gasteiger charge is -2.35. The SMILES string of the molecule is CCc1nccn1CCN1CCN(C(=O)c2cccc3ccccc23)CC1. The van der Waals surface area contributed by atoms with Gasteiger partial charge in [0.15, 0.2) is 0 Å². The summed E-state index contributed by atoms with van der Waals surface area (Å²) >= 11 is 0. The predicted molar refractivity (Wildman–Crippen MR) is 108 cm³/mol. The van der Waals surface area contributed by atoms with E-state index in [0.29, 0.717) is 0 Å². The van der Waals surface area contributed by atoms with Crippen molar-refractivity contribution in [1.29, 1.82) is 0 Å². The zero-order valence-electron chi connectivity index (χ0n) is 15.8. The summed E-state index contributed by atoms with van der Waals surface area (Å²) in [6.45, 7) is 7.51. The normalized spacial score (nSPS) is 15.4. The first-order valence-corrected chi connectivity index (χ1v) is 9.75. The first-order chi connectivity index (χ1) is 13.3. The minimum atomic E-state index is 0.148. The van der Waals surface area contributed by atoms with Crippen LogP contribution in [0.2, 0.25) is 0 Å². The smallest absolute Gasteiger partial charge is 0.254 e. The number of carbonyl (C=O) groups is 1. The molecular weight excluding hydrogens is 336 g/mol. The molecule has 0 saturated carbocycles. The van der Waals surface area contributed by atoms with Gasteiger partial charge < -0.3 is 9.47 Å². The van der Waals surface area contributed by atoms with E-state index < -0.39 is 0 Å². The molecule has 0 radical (unpaired) electrons. The van der Waals surface area contributed by atoms with E-state index in [2.05, 4.69) is 39.7 Å². The fourth-order valence-corrected chi connectivity index (χ4v) is 3.86. The van der Waals surface area contributed by atoms with Crippen LogP contribution in [0.3, 0.4) is 0 Å². The van der Waals surface area contributed by atoms with E-state index in [9.17, 15) is 4.79 Å². The molecule has 0 N–H and O–H groups in total. The van der Waals surface area contributed by atoms with Gasteiger partial charge in [-0.15, -0.1) is 0 Å². The summed E-state index contributed by atoms with van der Waals surface area (Å²) in [5.74, 6) is 1.29. The van der Waals surface area contributed by atoms with Crippen molar-refractivity contribution in [3.8, 4) is 0 Å². The van der Waals surface area contributed by atoms with E-state index in [1.54, 1.807) is 0 Å². The van der Waals surface area contributed by atoms with E-state index in [4.69, 9.17) is 0 Å². The highest BCUT2D eigenvalue weighted by atomic mass is 16.2. The third-order valence-electron chi connectivity index (χ3n) is 5.45. The number of imidazole rings is 1. The Labute approximate surface area is 160 Å². The standard InChI is InChI=1S/C22H26N4O/c1-2-21-23-10-11-25(21)15-12-24-13-16-26(17-14-24)22(27)20-9-5-7-18-6-3-4-8-19(18)20/h3-11H,2,12-17H2,1H3. The topological polar surface area (TPSA) is 41.4 Å². The van der Waals surface area contributed by atoms with Gasteiger partial charge in [-0.2, -0.15) is 0 Å². The van der Waals surface area contributed by atoms with Crippen LogP contribution in [0.15, 0.2) is 54.9 Å². The quantitative estimate of drug-likeness (QED) is 0.700. The number of hydrogen-bond acceptors (Lipinski definition) is 3. The maximum Gasteiger partial charge on any atom is 0.254 e. The molecule has 1 fully saturated rings. The molecule has 140 valence electrons. The molecule has 1 aromatic heterocycles. The first-order valence-electron chi connectivity index (χ1n) is 9.75. The molecule has 0 atom stereocenters. The minimum absolute atomic E-state index is 0.148. The molecule has 0 bridgehead atoms. The Morgan fingerprint density at radius 2 is 1.78 bits per heavy atom. The highest BCUT2D eigenvalue weighted by molar-refractivity contribution is 6.07. The minimum Gasteiger partial charge on any atom is -0.336 e. The van der Waals surface area contributed by atoms with Crippen LogP contribution in [0, 0.1) is 0 Å². The Bertz CT molecular complexity index is 919. The second-order valence-corrected chi connectivity index (χ2v) is 7.05. The van der Waals surface area contributed by atoms with Gasteiger partial charge in [0.25, 0.3) is 5.91 Å². The largest absolute Gasteiger partial charge is 0.336 e. The number of amides is 1. The van der Waals surface area contributed by atoms with Gasteiger partial charge in [-0.3, -0.25) is 9.69 Å². The Morgan fingerprint density at radius 3 is 2.59 bits per heavy atom. The molecule has 1 amide bonds. The molecule has 2 aromatic carbocycles. The van der Waals surface area contributed by atoms with Crippen LogP contribution in [0.4, 0.5) is 0 Å². The Hall–Kier alpha value is -2.66. The molecule has 1 saturated heterocycles. The lowest BCUT2D eigenvalue weighted by molar-refractivity contribution is 0.0635. The van der Waals surface area contributed by atoms with E-state index in [-0.39, 0.29) is 5.91 Å². The molecular formula is C22H26N4O. The molecule has 27 heavy (non-hydrogen) atoms. The van der Waals surface area contributed by atoms with Crippen molar-refractivity contribution in [3.63, 3.8) is 0 Å². The molecule has 1 aliphatic heterocycles. The highest BCUT2D eigenvalue weighted by Gasteiger charge is 2.23. The molecule has 4 rings (SSSR count). The van der Waals surface area contributed by atoms with Crippen LogP contribution in [0.1, 0.15) is 23.1 Å². The van der Waals surface area contributed by atoms with Crippen molar-refractivity contribution in [2.45, 2.75) is 19.9 Å². The summed E-state index contributed by atoms with van der Waals surface area (Å²) in [5.41, 5.74) is 0.813. The zero-order valence-corrected chi connectivity index (χ0v) is 15.8. The number of piperazine rings is 1. The van der Waals surface area contributed by atoms with E-state index in [1.807, 2.05) is 41.4 Å². The van der Waals surface area contributed by atoms with Gasteiger partial charge in [0, 0.05) is 63.6 Å². The molecule has 0 spiro atoms. The Balaban J connectivity index is 1.37. The second-order valence-electron chi connectivity index (χ2n) is 7.05. The average Bonchev–Trinajstić information content (AvgIpc) is 3.19. The lowest BCUT2D eigenvalue weighted by atomic mass is 10.0. The summed E-state index contributed by atoms with van der Waals surface area (Å²) in [6, 6.07) is 14.1. The number of aromatic nitrogens is 2. The van der Waals surface area contributed by atoms with Crippen molar-refractivity contribution in [2.24, 2.45) is 0 Å². The molecule has 5 heteroatoms. The summed E-state index contributed by atoms with van der Waals surface area (Å²) in [6.07, 6.45) is 4.89. The molecule has 2 heterocycles. The van der Waals surface area contributed by atoms with Gasteiger partial charge in [-0.05, 0) is 16.8 Å². The van der Waals surface area contributed by atoms with E-state index in [1.165, 1.54) is 0 Å². The lowest BCUT2D eigenvalue weighted by Crippen LogP contribution is -2.49. The number of nitrogens with zero attached hydrogens (tertiary/aromatic N) is 4. The van der Waals surface area contributed by atoms with Crippen molar-refractivity contribution < 1.29 is 4.79 Å². The van der Waals surface area contributed by atoms with Crippen LogP contribution in [-0.2, 0) is 13.0 Å². The van der Waals surface area contributed by atoms with Crippen molar-refractivity contribution in [3.05, 3.63) is 66.2 Å².